The Hall–Kier alpha value is -3.26. The summed E-state index contributed by atoms with van der Waals surface area (Å²) in [5, 5.41) is 2.94. The van der Waals surface area contributed by atoms with Gasteiger partial charge < -0.3 is 14.6 Å². The Bertz CT molecular complexity index is 1060. The molecule has 0 atom stereocenters. The Morgan fingerprint density at radius 2 is 1.93 bits per heavy atom. The molecule has 28 heavy (non-hydrogen) atoms. The topological polar surface area (TPSA) is 77.4 Å². The molecule has 3 rings (SSSR count). The number of amides is 1. The van der Waals surface area contributed by atoms with Crippen LogP contribution >= 0.6 is 11.3 Å². The van der Waals surface area contributed by atoms with E-state index in [4.69, 9.17) is 4.74 Å². The highest BCUT2D eigenvalue weighted by Crippen LogP contribution is 2.35. The second-order valence-electron chi connectivity index (χ2n) is 5.80. The number of anilines is 1. The van der Waals surface area contributed by atoms with Crippen LogP contribution in [-0.2, 0) is 16.1 Å². The molecule has 8 heteroatoms. The molecule has 0 aliphatic heterocycles. The third kappa shape index (κ3) is 4.52. The van der Waals surface area contributed by atoms with E-state index in [1.54, 1.807) is 13.0 Å². The molecule has 144 valence electrons. The van der Waals surface area contributed by atoms with E-state index in [2.05, 4.69) is 5.32 Å². The minimum Gasteiger partial charge on any atom is -0.462 e. The van der Waals surface area contributed by atoms with Crippen molar-refractivity contribution in [3.8, 4) is 10.4 Å². The van der Waals surface area contributed by atoms with Crippen molar-refractivity contribution in [1.29, 1.82) is 0 Å². The summed E-state index contributed by atoms with van der Waals surface area (Å²) in [5.41, 5.74) is 0.615. The number of esters is 1. The van der Waals surface area contributed by atoms with E-state index in [1.165, 1.54) is 11.3 Å². The number of carbonyl (C=O) groups excluding carboxylic acids is 2. The van der Waals surface area contributed by atoms with Gasteiger partial charge in [-0.2, -0.15) is 0 Å². The summed E-state index contributed by atoms with van der Waals surface area (Å²) in [6.45, 7) is 1.51. The zero-order valence-electron chi connectivity index (χ0n) is 15.0. The Morgan fingerprint density at radius 1 is 1.18 bits per heavy atom. The van der Waals surface area contributed by atoms with Gasteiger partial charge in [-0.15, -0.1) is 11.3 Å². The number of hydrogen-bond donors (Lipinski definition) is 1. The largest absolute Gasteiger partial charge is 0.462 e. The third-order valence-electron chi connectivity index (χ3n) is 3.80. The summed E-state index contributed by atoms with van der Waals surface area (Å²) in [7, 11) is 0. The van der Waals surface area contributed by atoms with Gasteiger partial charge in [-0.05, 0) is 24.6 Å². The van der Waals surface area contributed by atoms with E-state index < -0.39 is 23.3 Å². The number of carbonyl (C=O) groups is 2. The number of benzene rings is 1. The first kappa shape index (κ1) is 19.5. The summed E-state index contributed by atoms with van der Waals surface area (Å²) >= 11 is 1.22. The van der Waals surface area contributed by atoms with Gasteiger partial charge in [-0.1, -0.05) is 30.3 Å². The Labute approximate surface area is 164 Å². The number of nitrogens with one attached hydrogen (secondary N) is 1. The quantitative estimate of drug-likeness (QED) is 0.642. The zero-order chi connectivity index (χ0) is 20.1. The van der Waals surface area contributed by atoms with Gasteiger partial charge in [0, 0.05) is 17.1 Å². The molecule has 3 aromatic rings. The summed E-state index contributed by atoms with van der Waals surface area (Å²) in [6.07, 6.45) is 0.956. The summed E-state index contributed by atoms with van der Waals surface area (Å²) < 4.78 is 19.3. The molecule has 0 saturated heterocycles. The first-order valence-electron chi connectivity index (χ1n) is 8.50. The van der Waals surface area contributed by atoms with Crippen LogP contribution in [0.4, 0.5) is 9.39 Å². The summed E-state index contributed by atoms with van der Waals surface area (Å²) in [5.74, 6) is -1.74. The minimum atomic E-state index is -0.623. The first-order chi connectivity index (χ1) is 13.5. The number of thiophene rings is 1. The lowest BCUT2D eigenvalue weighted by atomic mass is 10.1. The molecule has 2 heterocycles. The molecule has 6 nitrogen and oxygen atoms in total. The minimum absolute atomic E-state index is 0.196. The van der Waals surface area contributed by atoms with Crippen molar-refractivity contribution < 1.29 is 18.7 Å². The lowest BCUT2D eigenvalue weighted by Gasteiger charge is -2.07. The van der Waals surface area contributed by atoms with Crippen LogP contribution in [-0.4, -0.2) is 23.1 Å². The number of hydrogen-bond acceptors (Lipinski definition) is 5. The van der Waals surface area contributed by atoms with Crippen molar-refractivity contribution in [1.82, 2.24) is 4.57 Å². The number of pyridine rings is 1. The first-order valence-corrected chi connectivity index (χ1v) is 9.31. The monoisotopic (exact) mass is 400 g/mol. The summed E-state index contributed by atoms with van der Waals surface area (Å²) in [6, 6.07) is 13.1. The molecular weight excluding hydrogens is 383 g/mol. The van der Waals surface area contributed by atoms with Gasteiger partial charge in [0.25, 0.3) is 5.56 Å². The molecule has 0 unspecified atom stereocenters. The lowest BCUT2D eigenvalue weighted by Crippen LogP contribution is -2.27. The maximum Gasteiger partial charge on any atom is 0.341 e. The highest BCUT2D eigenvalue weighted by atomic mass is 32.1. The van der Waals surface area contributed by atoms with Crippen LogP contribution in [0.5, 0.6) is 0 Å². The maximum absolute atomic E-state index is 13.3. The molecule has 0 fully saturated rings. The molecule has 1 amide bonds. The van der Waals surface area contributed by atoms with Crippen LogP contribution in [0.25, 0.3) is 10.4 Å². The fourth-order valence-corrected chi connectivity index (χ4v) is 3.60. The van der Waals surface area contributed by atoms with Crippen LogP contribution in [0.15, 0.2) is 59.5 Å². The van der Waals surface area contributed by atoms with Crippen molar-refractivity contribution in [2.75, 3.05) is 11.9 Å². The fourth-order valence-electron chi connectivity index (χ4n) is 2.54. The van der Waals surface area contributed by atoms with E-state index in [0.29, 0.717) is 5.00 Å². The molecular formula is C20H17FN2O4S. The Kier molecular flexibility index (Phi) is 6.00. The Balaban J connectivity index is 1.88. The molecule has 0 aliphatic rings. The normalized spacial score (nSPS) is 10.5. The number of rotatable bonds is 6. The smallest absolute Gasteiger partial charge is 0.341 e. The average molecular weight is 400 g/mol. The van der Waals surface area contributed by atoms with Crippen molar-refractivity contribution in [3.63, 3.8) is 0 Å². The second-order valence-corrected chi connectivity index (χ2v) is 6.85. The predicted molar refractivity (Wildman–Crippen MR) is 105 cm³/mol. The van der Waals surface area contributed by atoms with Gasteiger partial charge in [-0.3, -0.25) is 9.59 Å². The van der Waals surface area contributed by atoms with Gasteiger partial charge in [0.05, 0.1) is 12.2 Å². The van der Waals surface area contributed by atoms with E-state index in [1.807, 2.05) is 30.3 Å². The van der Waals surface area contributed by atoms with E-state index in [9.17, 15) is 18.8 Å². The lowest BCUT2D eigenvalue weighted by molar-refractivity contribution is -0.116. The van der Waals surface area contributed by atoms with Crippen molar-refractivity contribution in [2.24, 2.45) is 0 Å². The van der Waals surface area contributed by atoms with Crippen LogP contribution in [0, 0.1) is 5.82 Å². The Morgan fingerprint density at radius 3 is 2.64 bits per heavy atom. The van der Waals surface area contributed by atoms with Gasteiger partial charge >= 0.3 is 5.97 Å². The maximum atomic E-state index is 13.3. The molecule has 0 aliphatic carbocycles. The van der Waals surface area contributed by atoms with E-state index in [0.717, 1.165) is 33.3 Å². The molecule has 1 aromatic carbocycles. The van der Waals surface area contributed by atoms with Gasteiger partial charge in [-0.25, -0.2) is 9.18 Å². The predicted octanol–water partition coefficient (Wildman–Crippen LogP) is 3.53. The van der Waals surface area contributed by atoms with Gasteiger partial charge in [0.15, 0.2) is 0 Å². The molecule has 0 radical (unpaired) electrons. The van der Waals surface area contributed by atoms with Crippen molar-refractivity contribution >= 4 is 28.2 Å². The second kappa shape index (κ2) is 8.62. The molecule has 1 N–H and O–H groups in total. The number of aromatic nitrogens is 1. The van der Waals surface area contributed by atoms with Gasteiger partial charge in [0.1, 0.15) is 17.4 Å². The highest BCUT2D eigenvalue weighted by molar-refractivity contribution is 7.20. The van der Waals surface area contributed by atoms with E-state index in [-0.39, 0.29) is 18.7 Å². The fraction of sp³-hybridized carbons (Fsp3) is 0.150. The molecule has 0 saturated carbocycles. The van der Waals surface area contributed by atoms with Crippen LogP contribution in [0.2, 0.25) is 0 Å². The number of ether oxygens (including phenoxy) is 1. The molecule has 0 bridgehead atoms. The van der Waals surface area contributed by atoms with Gasteiger partial charge in [0.2, 0.25) is 5.91 Å². The molecule has 2 aromatic heterocycles. The SMILES string of the molecule is CCOC(=O)c1cc(-c2ccccc2)sc1NC(=O)Cn1cc(F)ccc1=O. The molecule has 0 spiro atoms. The standard InChI is InChI=1S/C20H17FN2O4S/c1-2-27-20(26)15-10-16(13-6-4-3-5-7-13)28-19(15)22-17(24)12-23-11-14(21)8-9-18(23)25/h3-11H,2,12H2,1H3,(H,22,24). The third-order valence-corrected chi connectivity index (χ3v) is 4.90. The number of halogens is 1. The van der Waals surface area contributed by atoms with Crippen molar-refractivity contribution in [3.05, 3.63) is 76.5 Å². The average Bonchev–Trinajstić information content (AvgIpc) is 3.09. The van der Waals surface area contributed by atoms with Crippen LogP contribution in [0.3, 0.4) is 0 Å². The van der Waals surface area contributed by atoms with E-state index >= 15 is 0 Å². The zero-order valence-corrected chi connectivity index (χ0v) is 15.8. The number of nitrogens with zero attached hydrogens (tertiary/aromatic N) is 1. The van der Waals surface area contributed by atoms with Crippen LogP contribution < -0.4 is 10.9 Å². The highest BCUT2D eigenvalue weighted by Gasteiger charge is 2.20. The van der Waals surface area contributed by atoms with Crippen molar-refractivity contribution in [2.45, 2.75) is 13.5 Å². The van der Waals surface area contributed by atoms with Crippen LogP contribution in [0.1, 0.15) is 17.3 Å². The summed E-state index contributed by atoms with van der Waals surface area (Å²) in [4.78, 5) is 37.2.